The lowest BCUT2D eigenvalue weighted by Gasteiger charge is -2.36. The number of nitrogens with zero attached hydrogens (tertiary/aromatic N) is 1. The van der Waals surface area contributed by atoms with Gasteiger partial charge in [-0.3, -0.25) is 0 Å². The molecule has 20 heavy (non-hydrogen) atoms. The summed E-state index contributed by atoms with van der Waals surface area (Å²) in [7, 11) is 0. The van der Waals surface area contributed by atoms with Gasteiger partial charge in [-0.15, -0.1) is 0 Å². The smallest absolute Gasteiger partial charge is 0.339 e. The van der Waals surface area contributed by atoms with Crippen molar-refractivity contribution in [3.05, 3.63) is 23.6 Å². The zero-order valence-corrected chi connectivity index (χ0v) is 12.3. The number of carboxylic acid groups (broad SMARTS) is 1. The summed E-state index contributed by atoms with van der Waals surface area (Å²) in [6, 6.07) is 1.00. The molecule has 0 aliphatic heterocycles. The van der Waals surface area contributed by atoms with E-state index in [1.807, 2.05) is 11.8 Å². The third kappa shape index (κ3) is 3.42. The topological polar surface area (TPSA) is 62.2 Å². The van der Waals surface area contributed by atoms with Gasteiger partial charge in [0, 0.05) is 11.3 Å². The molecular weight excluding hydrogens is 279 g/mol. The molecule has 1 aliphatic rings. The summed E-state index contributed by atoms with van der Waals surface area (Å²) < 4.78 is 13.2. The second-order valence-corrected chi connectivity index (χ2v) is 6.43. The van der Waals surface area contributed by atoms with Crippen LogP contribution in [0.1, 0.15) is 42.5 Å². The van der Waals surface area contributed by atoms with E-state index in [1.54, 1.807) is 0 Å². The Morgan fingerprint density at radius 3 is 2.80 bits per heavy atom. The standard InChI is InChI=1S/C14H19FN2O2S/c1-20-14(5-3-2-4-6-14)9-17-12-11(13(18)19)7-10(15)8-16-12/h7-8H,2-6,9H2,1H3,(H,16,17)(H,18,19). The van der Waals surface area contributed by atoms with Crippen LogP contribution in [0.25, 0.3) is 0 Å². The van der Waals surface area contributed by atoms with Gasteiger partial charge in [0.2, 0.25) is 0 Å². The molecule has 0 atom stereocenters. The maximum atomic E-state index is 13.1. The predicted octanol–water partition coefficient (Wildman–Crippen LogP) is 3.40. The molecule has 2 N–H and O–H groups in total. The van der Waals surface area contributed by atoms with Crippen molar-refractivity contribution in [3.63, 3.8) is 0 Å². The Morgan fingerprint density at radius 1 is 1.50 bits per heavy atom. The zero-order chi connectivity index (χ0) is 14.6. The fourth-order valence-corrected chi connectivity index (χ4v) is 3.55. The molecule has 0 amide bonds. The molecule has 0 spiro atoms. The first kappa shape index (κ1) is 15.1. The number of halogens is 1. The second-order valence-electron chi connectivity index (χ2n) is 5.16. The van der Waals surface area contributed by atoms with Gasteiger partial charge in [-0.25, -0.2) is 14.2 Å². The van der Waals surface area contributed by atoms with E-state index in [2.05, 4.69) is 16.6 Å². The van der Waals surface area contributed by atoms with Crippen LogP contribution in [0.3, 0.4) is 0 Å². The van der Waals surface area contributed by atoms with Crippen LogP contribution in [0.2, 0.25) is 0 Å². The van der Waals surface area contributed by atoms with Crippen LogP contribution in [0.5, 0.6) is 0 Å². The SMILES string of the molecule is CSC1(CNc2ncc(F)cc2C(=O)O)CCCCC1. The maximum absolute atomic E-state index is 13.1. The van der Waals surface area contributed by atoms with Gasteiger partial charge >= 0.3 is 5.97 Å². The van der Waals surface area contributed by atoms with Gasteiger partial charge in [0.15, 0.2) is 0 Å². The van der Waals surface area contributed by atoms with Gasteiger partial charge in [0.05, 0.1) is 6.20 Å². The molecule has 1 fully saturated rings. The molecule has 1 aliphatic carbocycles. The van der Waals surface area contributed by atoms with E-state index in [-0.39, 0.29) is 16.1 Å². The summed E-state index contributed by atoms with van der Waals surface area (Å²) in [6.07, 6.45) is 9.02. The third-order valence-corrected chi connectivity index (χ3v) is 5.28. The van der Waals surface area contributed by atoms with Crippen LogP contribution < -0.4 is 5.32 Å². The van der Waals surface area contributed by atoms with Crippen molar-refractivity contribution in [2.45, 2.75) is 36.9 Å². The van der Waals surface area contributed by atoms with E-state index < -0.39 is 11.8 Å². The number of carbonyl (C=O) groups is 1. The van der Waals surface area contributed by atoms with E-state index in [9.17, 15) is 9.18 Å². The monoisotopic (exact) mass is 298 g/mol. The molecule has 110 valence electrons. The van der Waals surface area contributed by atoms with Gasteiger partial charge in [-0.05, 0) is 25.2 Å². The largest absolute Gasteiger partial charge is 0.478 e. The predicted molar refractivity (Wildman–Crippen MR) is 79.0 cm³/mol. The highest BCUT2D eigenvalue weighted by molar-refractivity contribution is 8.00. The number of hydrogen-bond acceptors (Lipinski definition) is 4. The summed E-state index contributed by atoms with van der Waals surface area (Å²) in [4.78, 5) is 15.0. The normalized spacial score (nSPS) is 17.7. The summed E-state index contributed by atoms with van der Waals surface area (Å²) in [6.45, 7) is 0.660. The molecule has 1 heterocycles. The first-order chi connectivity index (χ1) is 9.56. The number of anilines is 1. The average Bonchev–Trinajstić information content (AvgIpc) is 2.47. The Bertz CT molecular complexity index is 490. The van der Waals surface area contributed by atoms with Crippen LogP contribution in [-0.4, -0.2) is 33.6 Å². The Morgan fingerprint density at radius 2 is 2.20 bits per heavy atom. The number of aromatic nitrogens is 1. The molecule has 0 saturated heterocycles. The highest BCUT2D eigenvalue weighted by atomic mass is 32.2. The molecule has 0 bridgehead atoms. The molecule has 0 aromatic carbocycles. The quantitative estimate of drug-likeness (QED) is 0.872. The van der Waals surface area contributed by atoms with E-state index in [0.29, 0.717) is 6.54 Å². The lowest BCUT2D eigenvalue weighted by molar-refractivity contribution is 0.0697. The van der Waals surface area contributed by atoms with Gasteiger partial charge in [-0.2, -0.15) is 11.8 Å². The molecule has 0 unspecified atom stereocenters. The number of nitrogens with one attached hydrogen (secondary N) is 1. The fraction of sp³-hybridized carbons (Fsp3) is 0.571. The summed E-state index contributed by atoms with van der Waals surface area (Å²) in [5, 5.41) is 12.2. The number of aromatic carboxylic acids is 1. The van der Waals surface area contributed by atoms with Crippen LogP contribution >= 0.6 is 11.8 Å². The zero-order valence-electron chi connectivity index (χ0n) is 11.5. The maximum Gasteiger partial charge on any atom is 0.339 e. The second kappa shape index (κ2) is 6.43. The lowest BCUT2D eigenvalue weighted by atomic mass is 9.88. The van der Waals surface area contributed by atoms with E-state index in [1.165, 1.54) is 19.3 Å². The van der Waals surface area contributed by atoms with Crippen molar-refractivity contribution < 1.29 is 14.3 Å². The minimum Gasteiger partial charge on any atom is -0.478 e. The first-order valence-corrected chi connectivity index (χ1v) is 7.97. The van der Waals surface area contributed by atoms with Crippen molar-refractivity contribution in [1.29, 1.82) is 0 Å². The number of rotatable bonds is 5. The third-order valence-electron chi connectivity index (χ3n) is 3.86. The van der Waals surface area contributed by atoms with Crippen molar-refractivity contribution >= 4 is 23.5 Å². The summed E-state index contributed by atoms with van der Waals surface area (Å²) in [5.41, 5.74) is -0.114. The van der Waals surface area contributed by atoms with Gasteiger partial charge in [0.1, 0.15) is 17.2 Å². The van der Waals surface area contributed by atoms with E-state index in [0.717, 1.165) is 25.1 Å². The van der Waals surface area contributed by atoms with E-state index >= 15 is 0 Å². The number of hydrogen-bond donors (Lipinski definition) is 2. The van der Waals surface area contributed by atoms with Crippen LogP contribution in [0.4, 0.5) is 10.2 Å². The molecule has 2 rings (SSSR count). The van der Waals surface area contributed by atoms with E-state index in [4.69, 9.17) is 5.11 Å². The molecule has 0 radical (unpaired) electrons. The van der Waals surface area contributed by atoms with Crippen LogP contribution in [0.15, 0.2) is 12.3 Å². The number of carboxylic acids is 1. The molecule has 6 heteroatoms. The molecule has 1 aromatic rings. The molecule has 1 saturated carbocycles. The minimum absolute atomic E-state index is 0.114. The highest BCUT2D eigenvalue weighted by Gasteiger charge is 2.31. The van der Waals surface area contributed by atoms with Gasteiger partial charge in [-0.1, -0.05) is 19.3 Å². The van der Waals surface area contributed by atoms with Crippen LogP contribution in [0, 0.1) is 5.82 Å². The van der Waals surface area contributed by atoms with Crippen molar-refractivity contribution in [2.75, 3.05) is 18.1 Å². The Kier molecular flexibility index (Phi) is 4.86. The van der Waals surface area contributed by atoms with Crippen LogP contribution in [-0.2, 0) is 0 Å². The number of thioether (sulfide) groups is 1. The Balaban J connectivity index is 2.11. The highest BCUT2D eigenvalue weighted by Crippen LogP contribution is 2.38. The summed E-state index contributed by atoms with van der Waals surface area (Å²) in [5.74, 6) is -1.55. The molecule has 1 aromatic heterocycles. The average molecular weight is 298 g/mol. The molecular formula is C14H19FN2O2S. The van der Waals surface area contributed by atoms with Crippen molar-refractivity contribution in [2.24, 2.45) is 0 Å². The van der Waals surface area contributed by atoms with Gasteiger partial charge in [0.25, 0.3) is 0 Å². The number of pyridine rings is 1. The van der Waals surface area contributed by atoms with Crippen molar-refractivity contribution in [3.8, 4) is 0 Å². The first-order valence-electron chi connectivity index (χ1n) is 6.74. The Labute approximate surface area is 122 Å². The summed E-state index contributed by atoms with van der Waals surface area (Å²) >= 11 is 1.82. The van der Waals surface area contributed by atoms with Gasteiger partial charge < -0.3 is 10.4 Å². The Hall–Kier alpha value is -1.30. The van der Waals surface area contributed by atoms with Crippen molar-refractivity contribution in [1.82, 2.24) is 4.98 Å². The minimum atomic E-state index is -1.17. The lowest BCUT2D eigenvalue weighted by Crippen LogP contribution is -2.36. The molecule has 4 nitrogen and oxygen atoms in total. The fourth-order valence-electron chi connectivity index (χ4n) is 2.64.